The molecule has 0 bridgehead atoms. The molecule has 0 aromatic carbocycles. The predicted octanol–water partition coefficient (Wildman–Crippen LogP) is 0.237. The Bertz CT molecular complexity index is 788. The molecule has 1 amide bonds. The van der Waals surface area contributed by atoms with Gasteiger partial charge in [0, 0.05) is 19.3 Å². The van der Waals surface area contributed by atoms with E-state index in [2.05, 4.69) is 0 Å². The van der Waals surface area contributed by atoms with Crippen molar-refractivity contribution >= 4 is 5.91 Å². The van der Waals surface area contributed by atoms with Gasteiger partial charge in [-0.25, -0.2) is 9.36 Å². The van der Waals surface area contributed by atoms with Crippen LogP contribution in [0.1, 0.15) is 24.9 Å². The van der Waals surface area contributed by atoms with E-state index in [1.54, 1.807) is 13.0 Å². The van der Waals surface area contributed by atoms with Gasteiger partial charge in [-0.2, -0.15) is 18.4 Å². The van der Waals surface area contributed by atoms with Crippen molar-refractivity contribution in [3.8, 4) is 6.07 Å². The molecule has 1 saturated heterocycles. The lowest BCUT2D eigenvalue weighted by Gasteiger charge is -2.19. The Morgan fingerprint density at radius 2 is 2.00 bits per heavy atom. The lowest BCUT2D eigenvalue weighted by Crippen LogP contribution is -2.46. The number of rotatable bonds is 3. The van der Waals surface area contributed by atoms with Crippen molar-refractivity contribution in [3.05, 3.63) is 32.6 Å². The van der Waals surface area contributed by atoms with Crippen molar-refractivity contribution in [2.24, 2.45) is 0 Å². The summed E-state index contributed by atoms with van der Waals surface area (Å²) in [7, 11) is 0. The quantitative estimate of drug-likeness (QED) is 0.794. The number of aromatic nitrogens is 2. The summed E-state index contributed by atoms with van der Waals surface area (Å²) >= 11 is 0. The van der Waals surface area contributed by atoms with Crippen LogP contribution in [0, 0.1) is 11.3 Å². The molecule has 10 heteroatoms. The van der Waals surface area contributed by atoms with Crippen LogP contribution in [0.5, 0.6) is 0 Å². The monoisotopic (exact) mass is 330 g/mol. The molecule has 1 aromatic rings. The van der Waals surface area contributed by atoms with Crippen molar-refractivity contribution < 1.29 is 18.0 Å². The number of hydrogen-bond acceptors (Lipinski definition) is 4. The highest BCUT2D eigenvalue weighted by Gasteiger charge is 2.41. The number of nitrogens with zero attached hydrogens (tertiary/aromatic N) is 4. The number of carbonyl (C=O) groups is 1. The van der Waals surface area contributed by atoms with E-state index in [1.165, 1.54) is 0 Å². The second-order valence-electron chi connectivity index (χ2n) is 5.08. The predicted molar refractivity (Wildman–Crippen MR) is 71.6 cm³/mol. The van der Waals surface area contributed by atoms with Crippen molar-refractivity contribution in [2.75, 3.05) is 13.1 Å². The Morgan fingerprint density at radius 3 is 2.52 bits per heavy atom. The molecule has 0 radical (unpaired) electrons. The van der Waals surface area contributed by atoms with Crippen LogP contribution >= 0.6 is 0 Å². The Labute approximate surface area is 128 Å². The Hall–Kier alpha value is -2.57. The third-order valence-corrected chi connectivity index (χ3v) is 3.60. The molecule has 0 N–H and O–H groups in total. The molecule has 1 aliphatic rings. The first kappa shape index (κ1) is 16.8. The fourth-order valence-corrected chi connectivity index (χ4v) is 2.53. The highest BCUT2D eigenvalue weighted by Crippen LogP contribution is 2.25. The van der Waals surface area contributed by atoms with Gasteiger partial charge in [0.2, 0.25) is 5.91 Å². The second-order valence-corrected chi connectivity index (χ2v) is 5.08. The average molecular weight is 330 g/mol. The van der Waals surface area contributed by atoms with Gasteiger partial charge in [-0.3, -0.25) is 14.2 Å². The second kappa shape index (κ2) is 5.91. The summed E-state index contributed by atoms with van der Waals surface area (Å²) in [5, 5.41) is 8.94. The van der Waals surface area contributed by atoms with Crippen LogP contribution in [0.2, 0.25) is 0 Å². The first-order valence-electron chi connectivity index (χ1n) is 6.81. The first-order valence-corrected chi connectivity index (χ1v) is 6.81. The van der Waals surface area contributed by atoms with Gasteiger partial charge in [0.25, 0.3) is 5.56 Å². The maximum atomic E-state index is 12.4. The third kappa shape index (κ3) is 3.13. The van der Waals surface area contributed by atoms with Crippen LogP contribution in [0.4, 0.5) is 13.2 Å². The van der Waals surface area contributed by atoms with E-state index in [-0.39, 0.29) is 25.1 Å². The van der Waals surface area contributed by atoms with Gasteiger partial charge in [0.05, 0.1) is 0 Å². The van der Waals surface area contributed by atoms with E-state index in [0.29, 0.717) is 9.47 Å². The summed E-state index contributed by atoms with van der Waals surface area (Å²) in [5.41, 5.74) is -2.12. The summed E-state index contributed by atoms with van der Waals surface area (Å²) in [4.78, 5) is 37.1. The SMILES string of the molecule is CCn1cc(C#N)c(=O)n([C@H]2CCN(CC(F)(F)F)C2=O)c1=O. The molecule has 124 valence electrons. The van der Waals surface area contributed by atoms with E-state index in [0.717, 1.165) is 10.8 Å². The molecule has 1 fully saturated rings. The van der Waals surface area contributed by atoms with Gasteiger partial charge in [-0.05, 0) is 13.3 Å². The number of carbonyl (C=O) groups excluding carboxylic acids is 1. The molecule has 2 rings (SSSR count). The number of hydrogen-bond donors (Lipinski definition) is 0. The van der Waals surface area contributed by atoms with Crippen LogP contribution in [0.25, 0.3) is 0 Å². The molecule has 0 saturated carbocycles. The van der Waals surface area contributed by atoms with Gasteiger partial charge in [-0.1, -0.05) is 0 Å². The Morgan fingerprint density at radius 1 is 1.35 bits per heavy atom. The lowest BCUT2D eigenvalue weighted by molar-refractivity contribution is -0.158. The molecule has 0 unspecified atom stereocenters. The topological polar surface area (TPSA) is 88.1 Å². The van der Waals surface area contributed by atoms with Gasteiger partial charge in [-0.15, -0.1) is 0 Å². The van der Waals surface area contributed by atoms with Crippen molar-refractivity contribution in [2.45, 2.75) is 32.1 Å². The molecule has 1 aliphatic heterocycles. The number of nitriles is 1. The molecule has 23 heavy (non-hydrogen) atoms. The lowest BCUT2D eigenvalue weighted by atomic mass is 10.2. The van der Waals surface area contributed by atoms with Crippen LogP contribution < -0.4 is 11.2 Å². The summed E-state index contributed by atoms with van der Waals surface area (Å²) in [6, 6.07) is 0.311. The maximum Gasteiger partial charge on any atom is 0.406 e. The minimum Gasteiger partial charge on any atom is -0.332 e. The van der Waals surface area contributed by atoms with Gasteiger partial charge in [0.1, 0.15) is 24.2 Å². The molecule has 0 aliphatic carbocycles. The Kier molecular flexibility index (Phi) is 4.31. The normalized spacial score (nSPS) is 18.3. The Balaban J connectivity index is 2.48. The van der Waals surface area contributed by atoms with E-state index in [9.17, 15) is 27.6 Å². The zero-order chi connectivity index (χ0) is 17.4. The van der Waals surface area contributed by atoms with Crippen LogP contribution in [0.15, 0.2) is 15.8 Å². The summed E-state index contributed by atoms with van der Waals surface area (Å²) in [6.45, 7) is 0.111. The van der Waals surface area contributed by atoms with Crippen molar-refractivity contribution in [1.82, 2.24) is 14.0 Å². The smallest absolute Gasteiger partial charge is 0.332 e. The van der Waals surface area contributed by atoms with Gasteiger partial charge < -0.3 is 4.90 Å². The molecular weight excluding hydrogens is 317 g/mol. The summed E-state index contributed by atoms with van der Waals surface area (Å²) in [6.07, 6.45) is -3.58. The maximum absolute atomic E-state index is 12.4. The van der Waals surface area contributed by atoms with E-state index in [4.69, 9.17) is 5.26 Å². The largest absolute Gasteiger partial charge is 0.406 e. The molecule has 7 nitrogen and oxygen atoms in total. The average Bonchev–Trinajstić information content (AvgIpc) is 2.79. The zero-order valence-corrected chi connectivity index (χ0v) is 12.1. The fourth-order valence-electron chi connectivity index (χ4n) is 2.53. The zero-order valence-electron chi connectivity index (χ0n) is 12.1. The minimum absolute atomic E-state index is 0.0946. The fraction of sp³-hybridized carbons (Fsp3) is 0.538. The van der Waals surface area contributed by atoms with Crippen LogP contribution in [0.3, 0.4) is 0 Å². The van der Waals surface area contributed by atoms with Crippen LogP contribution in [-0.4, -0.2) is 39.2 Å². The summed E-state index contributed by atoms with van der Waals surface area (Å²) in [5.74, 6) is -0.945. The van der Waals surface area contributed by atoms with E-state index < -0.39 is 35.9 Å². The van der Waals surface area contributed by atoms with E-state index >= 15 is 0 Å². The highest BCUT2D eigenvalue weighted by molar-refractivity contribution is 5.82. The van der Waals surface area contributed by atoms with Crippen molar-refractivity contribution in [1.29, 1.82) is 5.26 Å². The van der Waals surface area contributed by atoms with Gasteiger partial charge in [0.15, 0.2) is 0 Å². The highest BCUT2D eigenvalue weighted by atomic mass is 19.4. The molecule has 1 aromatic heterocycles. The number of alkyl halides is 3. The van der Waals surface area contributed by atoms with Crippen molar-refractivity contribution in [3.63, 3.8) is 0 Å². The first-order chi connectivity index (χ1) is 10.7. The van der Waals surface area contributed by atoms with Crippen LogP contribution in [-0.2, 0) is 11.3 Å². The number of halogens is 3. The molecular formula is C13H13F3N4O3. The summed E-state index contributed by atoms with van der Waals surface area (Å²) < 4.78 is 39.0. The molecule has 1 atom stereocenters. The van der Waals surface area contributed by atoms with Gasteiger partial charge >= 0.3 is 11.9 Å². The minimum atomic E-state index is -4.56. The third-order valence-electron chi connectivity index (χ3n) is 3.60. The number of aryl methyl sites for hydroxylation is 1. The molecule has 2 heterocycles. The van der Waals surface area contributed by atoms with E-state index in [1.807, 2.05) is 0 Å². The number of amides is 1. The standard InChI is InChI=1S/C13H13F3N4O3/c1-2-18-6-8(5-17)10(21)20(12(18)23)9-3-4-19(11(9)22)7-13(14,15)16/h6,9H,2-4,7H2,1H3/t9-/m0/s1. The molecule has 0 spiro atoms. The number of likely N-dealkylation sites (tertiary alicyclic amines) is 1.